The number of non-ortho nitro benzene ring substituents is 1. The molecule has 118 valence electrons. The number of nitro groups is 1. The third-order valence-electron chi connectivity index (χ3n) is 2.70. The minimum atomic E-state index is -0.993. The third-order valence-corrected chi connectivity index (χ3v) is 3.52. The molecule has 0 fully saturated rings. The molecule has 2 aromatic carbocycles. The van der Waals surface area contributed by atoms with Crippen molar-refractivity contribution in [2.24, 2.45) is 0 Å². The first kappa shape index (κ1) is 16.9. The summed E-state index contributed by atoms with van der Waals surface area (Å²) in [6.45, 7) is 0. The summed E-state index contributed by atoms with van der Waals surface area (Å²) in [5.74, 6) is -1.92. The van der Waals surface area contributed by atoms with Crippen LogP contribution in [0.15, 0.2) is 46.9 Å². The molecule has 0 unspecified atom stereocenters. The normalized spacial score (nSPS) is 10.0. The highest BCUT2D eigenvalue weighted by Gasteiger charge is 2.17. The first-order chi connectivity index (χ1) is 10.9. The lowest BCUT2D eigenvalue weighted by atomic mass is 10.2. The molecule has 2 amide bonds. The molecule has 0 radical (unpaired) electrons. The number of hydrogen-bond donors (Lipinski definition) is 2. The number of anilines is 2. The molecule has 0 heterocycles. The smallest absolute Gasteiger partial charge is 0.314 e. The van der Waals surface area contributed by atoms with Crippen molar-refractivity contribution in [3.05, 3.63) is 62.1 Å². The van der Waals surface area contributed by atoms with Crippen molar-refractivity contribution in [2.45, 2.75) is 0 Å². The monoisotopic (exact) mass is 397 g/mol. The summed E-state index contributed by atoms with van der Waals surface area (Å²) >= 11 is 9.10. The quantitative estimate of drug-likeness (QED) is 0.468. The lowest BCUT2D eigenvalue weighted by Gasteiger charge is -2.08. The van der Waals surface area contributed by atoms with Crippen LogP contribution in [0.3, 0.4) is 0 Å². The topological polar surface area (TPSA) is 101 Å². The molecule has 23 heavy (non-hydrogen) atoms. The number of amides is 2. The summed E-state index contributed by atoms with van der Waals surface area (Å²) in [5.41, 5.74) is 0.150. The molecule has 0 aliphatic heterocycles. The van der Waals surface area contributed by atoms with Gasteiger partial charge in [-0.3, -0.25) is 19.7 Å². The van der Waals surface area contributed by atoms with Crippen LogP contribution in [0.1, 0.15) is 0 Å². The Morgan fingerprint density at radius 2 is 1.78 bits per heavy atom. The Balaban J connectivity index is 2.11. The second kappa shape index (κ2) is 7.21. The van der Waals surface area contributed by atoms with Crippen LogP contribution in [0.2, 0.25) is 5.02 Å². The average molecular weight is 399 g/mol. The van der Waals surface area contributed by atoms with E-state index in [9.17, 15) is 19.7 Å². The molecular weight excluding hydrogens is 390 g/mol. The molecule has 7 nitrogen and oxygen atoms in total. The Morgan fingerprint density at radius 1 is 1.09 bits per heavy atom. The molecule has 2 aromatic rings. The summed E-state index contributed by atoms with van der Waals surface area (Å²) in [6, 6.07) is 10.2. The van der Waals surface area contributed by atoms with Gasteiger partial charge in [-0.2, -0.15) is 0 Å². The minimum absolute atomic E-state index is 0.0183. The highest BCUT2D eigenvalue weighted by Crippen LogP contribution is 2.26. The Bertz CT molecular complexity index is 797. The fraction of sp³-hybridized carbons (Fsp3) is 0. The number of nitro benzene ring substituents is 1. The van der Waals surface area contributed by atoms with Gasteiger partial charge in [-0.1, -0.05) is 33.6 Å². The summed E-state index contributed by atoms with van der Waals surface area (Å²) < 4.78 is 0.734. The van der Waals surface area contributed by atoms with Crippen LogP contribution < -0.4 is 10.6 Å². The van der Waals surface area contributed by atoms with E-state index in [1.54, 1.807) is 24.3 Å². The van der Waals surface area contributed by atoms with Crippen molar-refractivity contribution >= 4 is 56.4 Å². The first-order valence-electron chi connectivity index (χ1n) is 6.18. The first-order valence-corrected chi connectivity index (χ1v) is 7.36. The molecule has 2 N–H and O–H groups in total. The van der Waals surface area contributed by atoms with Crippen LogP contribution in [-0.2, 0) is 9.59 Å². The fourth-order valence-corrected chi connectivity index (χ4v) is 2.22. The average Bonchev–Trinajstić information content (AvgIpc) is 2.49. The van der Waals surface area contributed by atoms with Crippen LogP contribution in [0.5, 0.6) is 0 Å². The summed E-state index contributed by atoms with van der Waals surface area (Å²) in [6.07, 6.45) is 0. The number of nitrogens with one attached hydrogen (secondary N) is 2. The molecule has 0 bridgehead atoms. The Labute approximate surface area is 143 Å². The van der Waals surface area contributed by atoms with Gasteiger partial charge in [-0.25, -0.2) is 0 Å². The molecule has 0 saturated carbocycles. The molecule has 9 heteroatoms. The van der Waals surface area contributed by atoms with Crippen LogP contribution in [0.25, 0.3) is 0 Å². The van der Waals surface area contributed by atoms with E-state index in [1.165, 1.54) is 12.1 Å². The van der Waals surface area contributed by atoms with E-state index in [1.807, 2.05) is 0 Å². The van der Waals surface area contributed by atoms with E-state index < -0.39 is 16.7 Å². The van der Waals surface area contributed by atoms with Gasteiger partial charge >= 0.3 is 11.8 Å². The Hall–Kier alpha value is -2.45. The molecule has 2 rings (SSSR count). The van der Waals surface area contributed by atoms with Crippen molar-refractivity contribution in [2.75, 3.05) is 10.6 Å². The van der Waals surface area contributed by atoms with Gasteiger partial charge < -0.3 is 10.6 Å². The number of nitrogens with zero attached hydrogens (tertiary/aromatic N) is 1. The Morgan fingerprint density at radius 3 is 2.43 bits per heavy atom. The molecule has 0 spiro atoms. The minimum Gasteiger partial charge on any atom is -0.318 e. The zero-order chi connectivity index (χ0) is 17.0. The van der Waals surface area contributed by atoms with Gasteiger partial charge in [-0.15, -0.1) is 0 Å². The second-order valence-corrected chi connectivity index (χ2v) is 5.66. The van der Waals surface area contributed by atoms with Gasteiger partial charge in [0.25, 0.3) is 5.69 Å². The largest absolute Gasteiger partial charge is 0.318 e. The number of carbonyl (C=O) groups is 2. The summed E-state index contributed by atoms with van der Waals surface area (Å²) in [7, 11) is 0. The van der Waals surface area contributed by atoms with Crippen LogP contribution >= 0.6 is 27.5 Å². The molecule has 0 aliphatic carbocycles. The maximum atomic E-state index is 11.9. The van der Waals surface area contributed by atoms with E-state index in [0.717, 1.165) is 10.5 Å². The van der Waals surface area contributed by atoms with Gasteiger partial charge in [0.2, 0.25) is 0 Å². The lowest BCUT2D eigenvalue weighted by Crippen LogP contribution is -2.29. The fourth-order valence-electron chi connectivity index (χ4n) is 1.66. The number of rotatable bonds is 3. The van der Waals surface area contributed by atoms with E-state index >= 15 is 0 Å². The predicted molar refractivity (Wildman–Crippen MR) is 89.5 cm³/mol. The second-order valence-electron chi connectivity index (χ2n) is 4.34. The SMILES string of the molecule is O=C(Nc1cccc(Br)c1)C(=O)Nc1cc([N+](=O)[O-])ccc1Cl. The maximum absolute atomic E-state index is 11.9. The van der Waals surface area contributed by atoms with Crippen molar-refractivity contribution < 1.29 is 14.5 Å². The molecule has 0 aromatic heterocycles. The molecule has 0 aliphatic rings. The molecule has 0 saturated heterocycles. The van der Waals surface area contributed by atoms with Crippen LogP contribution in [-0.4, -0.2) is 16.7 Å². The standard InChI is InChI=1S/C14H9BrClN3O4/c15-8-2-1-3-9(6-8)17-13(20)14(21)18-12-7-10(19(22)23)4-5-11(12)16/h1-7H,(H,17,20)(H,18,21). The number of hydrogen-bond acceptors (Lipinski definition) is 4. The zero-order valence-electron chi connectivity index (χ0n) is 11.4. The summed E-state index contributed by atoms with van der Waals surface area (Å²) in [4.78, 5) is 33.8. The number of halogens is 2. The van der Waals surface area contributed by atoms with Crippen molar-refractivity contribution in [3.8, 4) is 0 Å². The van der Waals surface area contributed by atoms with E-state index in [0.29, 0.717) is 5.69 Å². The molecular formula is C14H9BrClN3O4. The third kappa shape index (κ3) is 4.51. The van der Waals surface area contributed by atoms with Gasteiger partial charge in [0.1, 0.15) is 0 Å². The number of benzene rings is 2. The lowest BCUT2D eigenvalue weighted by molar-refractivity contribution is -0.384. The highest BCUT2D eigenvalue weighted by atomic mass is 79.9. The van der Waals surface area contributed by atoms with Gasteiger partial charge in [0, 0.05) is 22.3 Å². The molecule has 0 atom stereocenters. The van der Waals surface area contributed by atoms with Crippen molar-refractivity contribution in [3.63, 3.8) is 0 Å². The van der Waals surface area contributed by atoms with Crippen LogP contribution in [0.4, 0.5) is 17.1 Å². The predicted octanol–water partition coefficient (Wildman–Crippen LogP) is 3.59. The van der Waals surface area contributed by atoms with Crippen LogP contribution in [0, 0.1) is 10.1 Å². The number of carbonyl (C=O) groups excluding carboxylic acids is 2. The van der Waals surface area contributed by atoms with Gasteiger partial charge in [-0.05, 0) is 24.3 Å². The van der Waals surface area contributed by atoms with E-state index in [-0.39, 0.29) is 16.4 Å². The van der Waals surface area contributed by atoms with Gasteiger partial charge in [0.05, 0.1) is 15.6 Å². The van der Waals surface area contributed by atoms with Crippen molar-refractivity contribution in [1.29, 1.82) is 0 Å². The summed E-state index contributed by atoms with van der Waals surface area (Å²) in [5, 5.41) is 15.4. The van der Waals surface area contributed by atoms with E-state index in [2.05, 4.69) is 26.6 Å². The van der Waals surface area contributed by atoms with E-state index in [4.69, 9.17) is 11.6 Å². The Kier molecular flexibility index (Phi) is 5.30. The van der Waals surface area contributed by atoms with Gasteiger partial charge in [0.15, 0.2) is 0 Å². The van der Waals surface area contributed by atoms with Crippen molar-refractivity contribution in [1.82, 2.24) is 0 Å². The maximum Gasteiger partial charge on any atom is 0.314 e. The highest BCUT2D eigenvalue weighted by molar-refractivity contribution is 9.10. The zero-order valence-corrected chi connectivity index (χ0v) is 13.7.